The Balaban J connectivity index is 1.96. The topological polar surface area (TPSA) is 63.6 Å². The van der Waals surface area contributed by atoms with Crippen molar-refractivity contribution in [2.45, 2.75) is 26.5 Å². The van der Waals surface area contributed by atoms with Gasteiger partial charge in [-0.15, -0.1) is 0 Å². The molecule has 0 unspecified atom stereocenters. The van der Waals surface area contributed by atoms with Gasteiger partial charge in [-0.1, -0.05) is 0 Å². The minimum atomic E-state index is -0.0576. The summed E-state index contributed by atoms with van der Waals surface area (Å²) in [5.74, 6) is 2.23. The van der Waals surface area contributed by atoms with Crippen LogP contribution in [0.1, 0.15) is 19.4 Å². The van der Waals surface area contributed by atoms with Crippen molar-refractivity contribution in [2.75, 3.05) is 18.5 Å². The number of pyridine rings is 1. The van der Waals surface area contributed by atoms with Crippen molar-refractivity contribution in [1.29, 1.82) is 0 Å². The van der Waals surface area contributed by atoms with Gasteiger partial charge in [0, 0.05) is 17.8 Å². The Kier molecular flexibility index (Phi) is 4.15. The smallest absolute Gasteiger partial charge is 0.162 e. The average Bonchev–Trinajstić information content (AvgIpc) is 2.54. The maximum absolute atomic E-state index is 9.63. The minimum Gasteiger partial charge on any atom is -0.486 e. The first-order valence-electron chi connectivity index (χ1n) is 7.43. The SMILES string of the molecule is CC(C)Nc1ccc(-c2cc3c(cc2CO)OCCO3)cn1. The zero-order chi connectivity index (χ0) is 15.5. The lowest BCUT2D eigenvalue weighted by Gasteiger charge is -2.21. The van der Waals surface area contributed by atoms with E-state index in [9.17, 15) is 5.11 Å². The Morgan fingerprint density at radius 1 is 1.18 bits per heavy atom. The molecule has 1 aliphatic rings. The second-order valence-corrected chi connectivity index (χ2v) is 5.54. The molecular formula is C17H20N2O3. The zero-order valence-electron chi connectivity index (χ0n) is 12.8. The second-order valence-electron chi connectivity index (χ2n) is 5.54. The molecule has 0 amide bonds. The molecular weight excluding hydrogens is 280 g/mol. The van der Waals surface area contributed by atoms with Crippen molar-refractivity contribution < 1.29 is 14.6 Å². The minimum absolute atomic E-state index is 0.0576. The predicted molar refractivity (Wildman–Crippen MR) is 85.3 cm³/mol. The van der Waals surface area contributed by atoms with Gasteiger partial charge in [0.1, 0.15) is 19.0 Å². The van der Waals surface area contributed by atoms with E-state index < -0.39 is 0 Å². The highest BCUT2D eigenvalue weighted by Gasteiger charge is 2.16. The van der Waals surface area contributed by atoms with E-state index in [1.807, 2.05) is 24.3 Å². The third-order valence-electron chi connectivity index (χ3n) is 3.45. The molecule has 3 rings (SSSR count). The highest BCUT2D eigenvalue weighted by Crippen LogP contribution is 2.37. The molecule has 22 heavy (non-hydrogen) atoms. The van der Waals surface area contributed by atoms with Crippen LogP contribution in [0, 0.1) is 0 Å². The lowest BCUT2D eigenvalue weighted by molar-refractivity contribution is 0.171. The fourth-order valence-electron chi connectivity index (χ4n) is 2.46. The highest BCUT2D eigenvalue weighted by molar-refractivity contribution is 5.71. The number of hydrogen-bond acceptors (Lipinski definition) is 5. The van der Waals surface area contributed by atoms with Crippen LogP contribution in [0.5, 0.6) is 11.5 Å². The first-order chi connectivity index (χ1) is 10.7. The molecule has 2 N–H and O–H groups in total. The zero-order valence-corrected chi connectivity index (χ0v) is 12.8. The van der Waals surface area contributed by atoms with Gasteiger partial charge in [0.05, 0.1) is 6.61 Å². The summed E-state index contributed by atoms with van der Waals surface area (Å²) < 4.78 is 11.2. The molecule has 2 aromatic rings. The van der Waals surface area contributed by atoms with E-state index in [0.29, 0.717) is 30.8 Å². The molecule has 0 bridgehead atoms. The molecule has 5 heteroatoms. The Labute approximate surface area is 129 Å². The van der Waals surface area contributed by atoms with Crippen LogP contribution in [0.4, 0.5) is 5.82 Å². The third kappa shape index (κ3) is 2.99. The van der Waals surface area contributed by atoms with Gasteiger partial charge in [-0.25, -0.2) is 4.98 Å². The van der Waals surface area contributed by atoms with E-state index >= 15 is 0 Å². The number of aliphatic hydroxyl groups excluding tert-OH is 1. The molecule has 116 valence electrons. The first-order valence-corrected chi connectivity index (χ1v) is 7.43. The van der Waals surface area contributed by atoms with Crippen molar-refractivity contribution in [3.63, 3.8) is 0 Å². The normalized spacial score (nSPS) is 13.3. The van der Waals surface area contributed by atoms with Crippen molar-refractivity contribution >= 4 is 5.82 Å². The number of fused-ring (bicyclic) bond motifs is 1. The predicted octanol–water partition coefficient (Wildman–Crippen LogP) is 2.83. The Bertz CT molecular complexity index is 654. The number of nitrogens with one attached hydrogen (secondary N) is 1. The molecule has 1 aromatic heterocycles. The van der Waals surface area contributed by atoms with Gasteiger partial charge >= 0.3 is 0 Å². The summed E-state index contributed by atoms with van der Waals surface area (Å²) in [5, 5.41) is 12.9. The van der Waals surface area contributed by atoms with Crippen LogP contribution < -0.4 is 14.8 Å². The van der Waals surface area contributed by atoms with Gasteiger partial charge in [0.2, 0.25) is 0 Å². The summed E-state index contributed by atoms with van der Waals surface area (Å²) in [7, 11) is 0. The van der Waals surface area contributed by atoms with Crippen molar-refractivity contribution in [1.82, 2.24) is 4.98 Å². The molecule has 0 aliphatic carbocycles. The monoisotopic (exact) mass is 300 g/mol. The lowest BCUT2D eigenvalue weighted by atomic mass is 10.0. The summed E-state index contributed by atoms with van der Waals surface area (Å²) in [6.45, 7) is 5.16. The standard InChI is InChI=1S/C17H20N2O3/c1-11(2)19-17-4-3-12(9-18-17)14-8-16-15(7-13(14)10-20)21-5-6-22-16/h3-4,7-9,11,20H,5-6,10H2,1-2H3,(H,18,19). The molecule has 0 fully saturated rings. The summed E-state index contributed by atoms with van der Waals surface area (Å²) in [5.41, 5.74) is 2.65. The van der Waals surface area contributed by atoms with E-state index in [4.69, 9.17) is 9.47 Å². The van der Waals surface area contributed by atoms with Gasteiger partial charge < -0.3 is 19.9 Å². The molecule has 5 nitrogen and oxygen atoms in total. The van der Waals surface area contributed by atoms with Crippen LogP contribution in [0.25, 0.3) is 11.1 Å². The van der Waals surface area contributed by atoms with Crippen molar-refractivity contribution in [3.05, 3.63) is 36.0 Å². The van der Waals surface area contributed by atoms with Crippen LogP contribution in [-0.2, 0) is 6.61 Å². The third-order valence-corrected chi connectivity index (χ3v) is 3.45. The van der Waals surface area contributed by atoms with Gasteiger partial charge in [-0.05, 0) is 49.2 Å². The molecule has 0 atom stereocenters. The lowest BCUT2D eigenvalue weighted by Crippen LogP contribution is -2.15. The van der Waals surface area contributed by atoms with E-state index in [1.54, 1.807) is 6.20 Å². The number of benzene rings is 1. The number of rotatable bonds is 4. The molecule has 1 aliphatic heterocycles. The van der Waals surface area contributed by atoms with Gasteiger partial charge in [0.25, 0.3) is 0 Å². The van der Waals surface area contributed by atoms with Crippen LogP contribution in [0.3, 0.4) is 0 Å². The number of ether oxygens (including phenoxy) is 2. The number of hydrogen-bond donors (Lipinski definition) is 2. The Morgan fingerprint density at radius 2 is 1.91 bits per heavy atom. The summed E-state index contributed by atoms with van der Waals surface area (Å²) >= 11 is 0. The molecule has 2 heterocycles. The largest absolute Gasteiger partial charge is 0.486 e. The Morgan fingerprint density at radius 3 is 2.50 bits per heavy atom. The van der Waals surface area contributed by atoms with E-state index in [0.717, 1.165) is 22.5 Å². The summed E-state index contributed by atoms with van der Waals surface area (Å²) in [4.78, 5) is 4.42. The van der Waals surface area contributed by atoms with Gasteiger partial charge in [-0.3, -0.25) is 0 Å². The fraction of sp³-hybridized carbons (Fsp3) is 0.353. The molecule has 0 saturated heterocycles. The van der Waals surface area contributed by atoms with E-state index in [-0.39, 0.29) is 6.61 Å². The number of aliphatic hydroxyl groups is 1. The van der Waals surface area contributed by atoms with E-state index in [2.05, 4.69) is 24.1 Å². The van der Waals surface area contributed by atoms with Gasteiger partial charge in [-0.2, -0.15) is 0 Å². The number of nitrogens with zero attached hydrogens (tertiary/aromatic N) is 1. The number of anilines is 1. The van der Waals surface area contributed by atoms with Gasteiger partial charge in [0.15, 0.2) is 11.5 Å². The maximum atomic E-state index is 9.63. The van der Waals surface area contributed by atoms with Crippen molar-refractivity contribution in [3.8, 4) is 22.6 Å². The fourth-order valence-corrected chi connectivity index (χ4v) is 2.46. The first kappa shape index (κ1) is 14.7. The van der Waals surface area contributed by atoms with Crippen LogP contribution in [0.2, 0.25) is 0 Å². The summed E-state index contributed by atoms with van der Waals surface area (Å²) in [6, 6.07) is 8.01. The second kappa shape index (κ2) is 6.23. The van der Waals surface area contributed by atoms with Crippen LogP contribution >= 0.6 is 0 Å². The molecule has 0 saturated carbocycles. The van der Waals surface area contributed by atoms with Crippen LogP contribution in [0.15, 0.2) is 30.5 Å². The average molecular weight is 300 g/mol. The summed E-state index contributed by atoms with van der Waals surface area (Å²) in [6.07, 6.45) is 1.80. The van der Waals surface area contributed by atoms with Crippen molar-refractivity contribution in [2.24, 2.45) is 0 Å². The van der Waals surface area contributed by atoms with E-state index in [1.165, 1.54) is 0 Å². The highest BCUT2D eigenvalue weighted by atomic mass is 16.6. The number of aromatic nitrogens is 1. The molecule has 0 spiro atoms. The quantitative estimate of drug-likeness (QED) is 0.909. The molecule has 0 radical (unpaired) electrons. The maximum Gasteiger partial charge on any atom is 0.162 e. The van der Waals surface area contributed by atoms with Crippen LogP contribution in [-0.4, -0.2) is 29.3 Å². The molecule has 1 aromatic carbocycles. The Hall–Kier alpha value is -2.27.